The lowest BCUT2D eigenvalue weighted by molar-refractivity contribution is -0.142. The fourth-order valence-electron chi connectivity index (χ4n) is 4.10. The number of carbonyl (C=O) groups is 4. The van der Waals surface area contributed by atoms with Crippen molar-refractivity contribution in [2.45, 2.75) is 69.3 Å². The van der Waals surface area contributed by atoms with Gasteiger partial charge in [-0.1, -0.05) is 38.5 Å². The SMILES string of the molecule is CC[C@@H](C)[C@H](NC(=O)[C@H]1N2C(=O)c3ccccc3[C@H]2SC1(C)C)C(=O)N[C@@H](C)C(=O)O. The van der Waals surface area contributed by atoms with Gasteiger partial charge in [-0.15, -0.1) is 11.8 Å². The van der Waals surface area contributed by atoms with Gasteiger partial charge in [-0.2, -0.15) is 0 Å². The smallest absolute Gasteiger partial charge is 0.325 e. The van der Waals surface area contributed by atoms with Crippen LogP contribution in [-0.4, -0.2) is 56.6 Å². The summed E-state index contributed by atoms with van der Waals surface area (Å²) in [6, 6.07) is 4.61. The molecule has 2 aliphatic rings. The predicted molar refractivity (Wildman–Crippen MR) is 117 cm³/mol. The Kier molecular flexibility index (Phi) is 6.36. The number of hydrogen-bond acceptors (Lipinski definition) is 5. The summed E-state index contributed by atoms with van der Waals surface area (Å²) in [6.07, 6.45) is 0.610. The van der Waals surface area contributed by atoms with Crippen LogP contribution in [0.4, 0.5) is 0 Å². The lowest BCUT2D eigenvalue weighted by Crippen LogP contribution is -2.59. The second kappa shape index (κ2) is 8.53. The number of amides is 3. The molecule has 0 bridgehead atoms. The van der Waals surface area contributed by atoms with Crippen molar-refractivity contribution in [3.8, 4) is 0 Å². The number of benzene rings is 1. The van der Waals surface area contributed by atoms with Gasteiger partial charge < -0.3 is 20.6 Å². The molecule has 1 aromatic carbocycles. The van der Waals surface area contributed by atoms with Gasteiger partial charge in [0, 0.05) is 10.3 Å². The van der Waals surface area contributed by atoms with Crippen LogP contribution >= 0.6 is 11.8 Å². The molecule has 1 saturated heterocycles. The van der Waals surface area contributed by atoms with Gasteiger partial charge in [-0.25, -0.2) is 0 Å². The molecule has 0 radical (unpaired) electrons. The highest BCUT2D eigenvalue weighted by Gasteiger charge is 2.57. The first kappa shape index (κ1) is 23.1. The molecule has 8 nitrogen and oxygen atoms in total. The number of carboxylic acid groups (broad SMARTS) is 1. The van der Waals surface area contributed by atoms with Gasteiger partial charge in [-0.05, 0) is 38.3 Å². The van der Waals surface area contributed by atoms with E-state index in [0.29, 0.717) is 12.0 Å². The zero-order valence-electron chi connectivity index (χ0n) is 18.3. The largest absolute Gasteiger partial charge is 0.480 e. The molecule has 0 aromatic heterocycles. The maximum atomic E-state index is 13.4. The lowest BCUT2D eigenvalue weighted by Gasteiger charge is -2.32. The molecule has 0 aliphatic carbocycles. The Hall–Kier alpha value is -2.55. The quantitative estimate of drug-likeness (QED) is 0.590. The lowest BCUT2D eigenvalue weighted by atomic mass is 9.95. The minimum atomic E-state index is -1.15. The van der Waals surface area contributed by atoms with Crippen LogP contribution in [0.2, 0.25) is 0 Å². The van der Waals surface area contributed by atoms with Crippen molar-refractivity contribution in [3.63, 3.8) is 0 Å². The average molecular weight is 448 g/mol. The summed E-state index contributed by atoms with van der Waals surface area (Å²) in [5, 5.41) is 14.1. The van der Waals surface area contributed by atoms with Crippen molar-refractivity contribution in [3.05, 3.63) is 35.4 Å². The summed E-state index contributed by atoms with van der Waals surface area (Å²) in [5.74, 6) is -2.52. The fourth-order valence-corrected chi connectivity index (χ4v) is 5.69. The third-order valence-corrected chi connectivity index (χ3v) is 7.60. The number of hydrogen-bond donors (Lipinski definition) is 3. The number of carboxylic acids is 1. The Balaban J connectivity index is 1.85. The molecule has 31 heavy (non-hydrogen) atoms. The van der Waals surface area contributed by atoms with E-state index >= 15 is 0 Å². The maximum Gasteiger partial charge on any atom is 0.325 e. The summed E-state index contributed by atoms with van der Waals surface area (Å²) in [6.45, 7) is 8.92. The molecule has 168 valence electrons. The first-order chi connectivity index (χ1) is 14.5. The van der Waals surface area contributed by atoms with Crippen molar-refractivity contribution >= 4 is 35.5 Å². The number of thioether (sulfide) groups is 1. The molecule has 0 unspecified atom stereocenters. The van der Waals surface area contributed by atoms with Crippen LogP contribution in [0.5, 0.6) is 0 Å². The molecule has 3 amide bonds. The third-order valence-electron chi connectivity index (χ3n) is 6.07. The first-order valence-corrected chi connectivity index (χ1v) is 11.3. The minimum Gasteiger partial charge on any atom is -0.480 e. The average Bonchev–Trinajstić information content (AvgIpc) is 3.14. The van der Waals surface area contributed by atoms with E-state index < -0.39 is 40.7 Å². The molecule has 3 N–H and O–H groups in total. The molecular formula is C22H29N3O5S. The summed E-state index contributed by atoms with van der Waals surface area (Å²) in [5.41, 5.74) is 1.49. The molecule has 1 fully saturated rings. The van der Waals surface area contributed by atoms with Crippen LogP contribution in [0.15, 0.2) is 24.3 Å². The van der Waals surface area contributed by atoms with Crippen molar-refractivity contribution < 1.29 is 24.3 Å². The van der Waals surface area contributed by atoms with Gasteiger partial charge >= 0.3 is 5.97 Å². The molecule has 9 heteroatoms. The molecule has 2 heterocycles. The maximum absolute atomic E-state index is 13.4. The zero-order valence-corrected chi connectivity index (χ0v) is 19.2. The van der Waals surface area contributed by atoms with E-state index in [4.69, 9.17) is 5.11 Å². The van der Waals surface area contributed by atoms with Crippen LogP contribution in [0.3, 0.4) is 0 Å². The van der Waals surface area contributed by atoms with Crippen LogP contribution < -0.4 is 10.6 Å². The van der Waals surface area contributed by atoms with Crippen molar-refractivity contribution in [2.24, 2.45) is 5.92 Å². The minimum absolute atomic E-state index is 0.192. The summed E-state index contributed by atoms with van der Waals surface area (Å²) in [4.78, 5) is 52.0. The highest BCUT2D eigenvalue weighted by atomic mass is 32.2. The van der Waals surface area contributed by atoms with E-state index in [1.54, 1.807) is 28.8 Å². The van der Waals surface area contributed by atoms with E-state index in [0.717, 1.165) is 5.56 Å². The number of nitrogens with one attached hydrogen (secondary N) is 2. The Morgan fingerprint density at radius 1 is 1.19 bits per heavy atom. The van der Waals surface area contributed by atoms with E-state index in [2.05, 4.69) is 10.6 Å². The van der Waals surface area contributed by atoms with Crippen LogP contribution in [-0.2, 0) is 14.4 Å². The molecule has 1 aromatic rings. The van der Waals surface area contributed by atoms with Gasteiger partial charge in [0.1, 0.15) is 23.5 Å². The van der Waals surface area contributed by atoms with Crippen molar-refractivity contribution in [1.29, 1.82) is 0 Å². The number of rotatable bonds is 7. The van der Waals surface area contributed by atoms with Crippen LogP contribution in [0.1, 0.15) is 62.3 Å². The Labute approximate surface area is 186 Å². The standard InChI is InChI=1S/C22H29N3O5S/c1-6-11(2)15(17(26)23-12(3)21(29)30)24-18(27)16-22(4,5)31-20-14-10-8-7-9-13(14)19(28)25(16)20/h7-12,15-16,20H,6H2,1-5H3,(H,23,26)(H,24,27)(H,29,30)/t11-,12+,15+,16-,20-/m1/s1. The highest BCUT2D eigenvalue weighted by Crippen LogP contribution is 2.56. The van der Waals surface area contributed by atoms with E-state index in [9.17, 15) is 19.2 Å². The second-order valence-electron chi connectivity index (χ2n) is 8.72. The predicted octanol–water partition coefficient (Wildman–Crippen LogP) is 2.16. The summed E-state index contributed by atoms with van der Waals surface area (Å²) < 4.78 is -0.567. The number of carbonyl (C=O) groups excluding carboxylic acids is 3. The molecule has 0 saturated carbocycles. The number of aliphatic carboxylic acids is 1. The van der Waals surface area contributed by atoms with Crippen LogP contribution in [0.25, 0.3) is 0 Å². The third kappa shape index (κ3) is 4.15. The van der Waals surface area contributed by atoms with Crippen molar-refractivity contribution in [2.75, 3.05) is 0 Å². The Morgan fingerprint density at radius 3 is 2.45 bits per heavy atom. The normalized spacial score (nSPS) is 24.0. The number of nitrogens with zero attached hydrogens (tertiary/aromatic N) is 1. The molecule has 3 rings (SSSR count). The van der Waals surface area contributed by atoms with E-state index in [-0.39, 0.29) is 17.2 Å². The fraction of sp³-hybridized carbons (Fsp3) is 0.545. The van der Waals surface area contributed by atoms with Gasteiger partial charge in [0.15, 0.2) is 0 Å². The number of fused-ring (bicyclic) bond motifs is 3. The molecular weight excluding hydrogens is 418 g/mol. The molecule has 2 aliphatic heterocycles. The van der Waals surface area contributed by atoms with Gasteiger partial charge in [0.05, 0.1) is 0 Å². The molecule has 5 atom stereocenters. The van der Waals surface area contributed by atoms with Crippen molar-refractivity contribution in [1.82, 2.24) is 15.5 Å². The summed E-state index contributed by atoms with van der Waals surface area (Å²) >= 11 is 1.55. The van der Waals surface area contributed by atoms with Gasteiger partial charge in [0.2, 0.25) is 11.8 Å². The monoisotopic (exact) mass is 447 g/mol. The summed E-state index contributed by atoms with van der Waals surface area (Å²) in [7, 11) is 0. The Bertz CT molecular complexity index is 918. The zero-order chi connectivity index (χ0) is 23.1. The first-order valence-electron chi connectivity index (χ1n) is 10.4. The van der Waals surface area contributed by atoms with Gasteiger partial charge in [-0.3, -0.25) is 19.2 Å². The molecule has 0 spiro atoms. The van der Waals surface area contributed by atoms with Crippen LogP contribution in [0, 0.1) is 5.92 Å². The highest BCUT2D eigenvalue weighted by molar-refractivity contribution is 8.01. The van der Waals surface area contributed by atoms with Gasteiger partial charge in [0.25, 0.3) is 5.91 Å². The Morgan fingerprint density at radius 2 is 1.84 bits per heavy atom. The van der Waals surface area contributed by atoms with E-state index in [1.807, 2.05) is 39.8 Å². The topological polar surface area (TPSA) is 116 Å². The second-order valence-corrected chi connectivity index (χ2v) is 10.5. The van der Waals surface area contributed by atoms with E-state index in [1.165, 1.54) is 6.92 Å².